The highest BCUT2D eigenvalue weighted by Gasteiger charge is 2.22. The molecule has 20 heavy (non-hydrogen) atoms. The van der Waals surface area contributed by atoms with Gasteiger partial charge in [0.05, 0.1) is 0 Å². The highest BCUT2D eigenvalue weighted by Crippen LogP contribution is 2.22. The molecule has 1 aromatic carbocycles. The van der Waals surface area contributed by atoms with Gasteiger partial charge in [-0.05, 0) is 36.6 Å². The fraction of sp³-hybridized carbons (Fsp3) is 0.333. The molecule has 1 rings (SSSR count). The van der Waals surface area contributed by atoms with Gasteiger partial charge < -0.3 is 0 Å². The first-order valence-corrected chi connectivity index (χ1v) is 6.86. The molecule has 0 fully saturated rings. The van der Waals surface area contributed by atoms with Crippen LogP contribution in [-0.4, -0.2) is 11.6 Å². The Morgan fingerprint density at radius 1 is 1.00 bits per heavy atom. The summed E-state index contributed by atoms with van der Waals surface area (Å²) in [4.78, 5) is 22.8. The topological polar surface area (TPSA) is 34.1 Å². The minimum absolute atomic E-state index is 0.0290. The average molecular weight is 270 g/mol. The lowest BCUT2D eigenvalue weighted by atomic mass is 9.85. The maximum atomic E-state index is 12.0. The van der Waals surface area contributed by atoms with E-state index < -0.39 is 0 Å². The molecule has 1 aromatic rings. The summed E-state index contributed by atoms with van der Waals surface area (Å²) in [7, 11) is 0. The van der Waals surface area contributed by atoms with Crippen molar-refractivity contribution in [3.8, 4) is 0 Å². The highest BCUT2D eigenvalue weighted by molar-refractivity contribution is 5.97. The molecule has 0 aliphatic rings. The quantitative estimate of drug-likeness (QED) is 0.722. The van der Waals surface area contributed by atoms with Crippen molar-refractivity contribution in [2.45, 2.75) is 34.1 Å². The Hall–Kier alpha value is -1.96. The number of hydrogen-bond acceptors (Lipinski definition) is 2. The molecule has 0 spiro atoms. The molecule has 0 aliphatic carbocycles. The van der Waals surface area contributed by atoms with Gasteiger partial charge in [0.1, 0.15) is 0 Å². The minimum atomic E-state index is -0.305. The first-order valence-electron chi connectivity index (χ1n) is 6.86. The van der Waals surface area contributed by atoms with Crippen LogP contribution < -0.4 is 0 Å². The third-order valence-electron chi connectivity index (χ3n) is 3.43. The Morgan fingerprint density at radius 3 is 1.85 bits per heavy atom. The molecule has 0 saturated heterocycles. The van der Waals surface area contributed by atoms with Gasteiger partial charge in [-0.25, -0.2) is 0 Å². The second kappa shape index (κ2) is 6.99. The second-order valence-corrected chi connectivity index (χ2v) is 5.55. The van der Waals surface area contributed by atoms with Crippen LogP contribution in [0.15, 0.2) is 36.4 Å². The van der Waals surface area contributed by atoms with E-state index in [0.29, 0.717) is 0 Å². The molecule has 0 N–H and O–H groups in total. The number of allylic oxidation sites excluding steroid dienone is 2. The zero-order valence-corrected chi connectivity index (χ0v) is 12.6. The molecule has 0 bridgehead atoms. The van der Waals surface area contributed by atoms with Gasteiger partial charge in [0.25, 0.3) is 0 Å². The van der Waals surface area contributed by atoms with Crippen molar-refractivity contribution >= 4 is 23.7 Å². The second-order valence-electron chi connectivity index (χ2n) is 5.55. The predicted molar refractivity (Wildman–Crippen MR) is 84.3 cm³/mol. The van der Waals surface area contributed by atoms with Crippen molar-refractivity contribution in [1.29, 1.82) is 0 Å². The van der Waals surface area contributed by atoms with E-state index in [4.69, 9.17) is 0 Å². The van der Waals surface area contributed by atoms with E-state index in [0.717, 1.165) is 17.5 Å². The van der Waals surface area contributed by atoms with Crippen molar-refractivity contribution in [2.24, 2.45) is 5.41 Å². The van der Waals surface area contributed by atoms with Gasteiger partial charge in [0, 0.05) is 5.41 Å². The smallest absolute Gasteiger partial charge is 0.161 e. The van der Waals surface area contributed by atoms with E-state index in [9.17, 15) is 9.59 Å². The lowest BCUT2D eigenvalue weighted by molar-refractivity contribution is -0.122. The van der Waals surface area contributed by atoms with E-state index >= 15 is 0 Å². The molecule has 0 aromatic heterocycles. The lowest BCUT2D eigenvalue weighted by Crippen LogP contribution is -2.20. The normalized spacial score (nSPS) is 12.2. The molecular formula is C18H22O2. The van der Waals surface area contributed by atoms with E-state index in [1.165, 1.54) is 13.0 Å². The van der Waals surface area contributed by atoms with E-state index in [2.05, 4.69) is 0 Å². The van der Waals surface area contributed by atoms with Crippen LogP contribution in [0.1, 0.15) is 45.2 Å². The van der Waals surface area contributed by atoms with Crippen LogP contribution in [0.4, 0.5) is 0 Å². The summed E-state index contributed by atoms with van der Waals surface area (Å²) < 4.78 is 0. The Morgan fingerprint density at radius 2 is 1.45 bits per heavy atom. The molecular weight excluding hydrogens is 248 g/mol. The molecule has 2 heteroatoms. The van der Waals surface area contributed by atoms with Gasteiger partial charge in [-0.2, -0.15) is 0 Å². The number of carbonyl (C=O) groups is 2. The zero-order chi connectivity index (χ0) is 15.2. The SMILES string of the molecule is CCC(C)(C)C(=O)/C=C/c1ccc(/C=C/C(C)=O)cc1. The van der Waals surface area contributed by atoms with Gasteiger partial charge in [-0.1, -0.05) is 57.2 Å². The van der Waals surface area contributed by atoms with E-state index in [1.54, 1.807) is 12.2 Å². The molecule has 0 heterocycles. The Bertz CT molecular complexity index is 531. The van der Waals surface area contributed by atoms with Crippen molar-refractivity contribution in [3.63, 3.8) is 0 Å². The average Bonchev–Trinajstić information content (AvgIpc) is 2.43. The maximum Gasteiger partial charge on any atom is 0.161 e. The molecule has 0 amide bonds. The molecule has 0 saturated carbocycles. The van der Waals surface area contributed by atoms with Crippen LogP contribution in [0.25, 0.3) is 12.2 Å². The number of ketones is 2. The molecule has 0 radical (unpaired) electrons. The molecule has 0 atom stereocenters. The van der Waals surface area contributed by atoms with Gasteiger partial charge in [-0.3, -0.25) is 9.59 Å². The van der Waals surface area contributed by atoms with Crippen LogP contribution in [-0.2, 0) is 9.59 Å². The Labute approximate surface area is 121 Å². The fourth-order valence-corrected chi connectivity index (χ4v) is 1.50. The van der Waals surface area contributed by atoms with Crippen LogP contribution in [0.3, 0.4) is 0 Å². The first-order chi connectivity index (χ1) is 9.35. The Balaban J connectivity index is 2.75. The van der Waals surface area contributed by atoms with Gasteiger partial charge in [0.15, 0.2) is 11.6 Å². The van der Waals surface area contributed by atoms with Crippen molar-refractivity contribution in [2.75, 3.05) is 0 Å². The maximum absolute atomic E-state index is 12.0. The summed E-state index contributed by atoms with van der Waals surface area (Å²) in [6.07, 6.45) is 7.62. The van der Waals surface area contributed by atoms with Gasteiger partial charge in [0.2, 0.25) is 0 Å². The first kappa shape index (κ1) is 16.1. The van der Waals surface area contributed by atoms with E-state index in [-0.39, 0.29) is 17.0 Å². The number of hydrogen-bond donors (Lipinski definition) is 0. The van der Waals surface area contributed by atoms with Gasteiger partial charge in [-0.15, -0.1) is 0 Å². The molecule has 106 valence electrons. The third kappa shape index (κ3) is 4.96. The van der Waals surface area contributed by atoms with Crippen LogP contribution in [0.5, 0.6) is 0 Å². The monoisotopic (exact) mass is 270 g/mol. The summed E-state index contributed by atoms with van der Waals surface area (Å²) >= 11 is 0. The summed E-state index contributed by atoms with van der Waals surface area (Å²) in [6.45, 7) is 7.45. The summed E-state index contributed by atoms with van der Waals surface area (Å²) in [5.41, 5.74) is 1.64. The minimum Gasteiger partial charge on any atom is -0.295 e. The Kier molecular flexibility index (Phi) is 5.63. The molecule has 0 unspecified atom stereocenters. The van der Waals surface area contributed by atoms with E-state index in [1.807, 2.05) is 51.1 Å². The number of rotatable bonds is 6. The lowest BCUT2D eigenvalue weighted by Gasteiger charge is -2.18. The molecule has 0 aliphatic heterocycles. The van der Waals surface area contributed by atoms with Gasteiger partial charge >= 0.3 is 0 Å². The van der Waals surface area contributed by atoms with Crippen LogP contribution >= 0.6 is 0 Å². The molecule has 2 nitrogen and oxygen atoms in total. The summed E-state index contributed by atoms with van der Waals surface area (Å²) in [6, 6.07) is 7.72. The third-order valence-corrected chi connectivity index (χ3v) is 3.43. The fourth-order valence-electron chi connectivity index (χ4n) is 1.50. The predicted octanol–water partition coefficient (Wildman–Crippen LogP) is 4.31. The zero-order valence-electron chi connectivity index (χ0n) is 12.6. The van der Waals surface area contributed by atoms with Crippen molar-refractivity contribution < 1.29 is 9.59 Å². The largest absolute Gasteiger partial charge is 0.295 e. The van der Waals surface area contributed by atoms with Crippen LogP contribution in [0, 0.1) is 5.41 Å². The highest BCUT2D eigenvalue weighted by atomic mass is 16.1. The van der Waals surface area contributed by atoms with Crippen molar-refractivity contribution in [1.82, 2.24) is 0 Å². The number of carbonyl (C=O) groups excluding carboxylic acids is 2. The summed E-state index contributed by atoms with van der Waals surface area (Å²) in [5.74, 6) is 0.168. The summed E-state index contributed by atoms with van der Waals surface area (Å²) in [5, 5.41) is 0. The van der Waals surface area contributed by atoms with Crippen molar-refractivity contribution in [3.05, 3.63) is 47.5 Å². The van der Waals surface area contributed by atoms with Crippen LogP contribution in [0.2, 0.25) is 0 Å². The standard InChI is InChI=1S/C18H22O2/c1-5-18(3,4)17(20)13-12-16-10-8-15(9-11-16)7-6-14(2)19/h6-13H,5H2,1-4H3/b7-6+,13-12+. The number of benzene rings is 1.